The van der Waals surface area contributed by atoms with E-state index in [9.17, 15) is 29.1 Å². The molecule has 0 saturated carbocycles. The van der Waals surface area contributed by atoms with Crippen molar-refractivity contribution in [3.05, 3.63) is 35.9 Å². The monoisotopic (exact) mass is 424 g/mol. The molecule has 158 valence electrons. The van der Waals surface area contributed by atoms with Gasteiger partial charge in [0.05, 0.1) is 5.97 Å². The maximum absolute atomic E-state index is 12.2. The predicted molar refractivity (Wildman–Crippen MR) is 102 cm³/mol. The first kappa shape index (κ1) is 24.0. The molecule has 2 atom stereocenters. The van der Waals surface area contributed by atoms with Gasteiger partial charge in [0, 0.05) is 12.2 Å². The van der Waals surface area contributed by atoms with E-state index >= 15 is 0 Å². The minimum atomic E-state index is -1.39. The van der Waals surface area contributed by atoms with Crippen molar-refractivity contribution < 1.29 is 33.8 Å². The first-order valence-corrected chi connectivity index (χ1v) is 9.60. The van der Waals surface area contributed by atoms with E-state index < -0.39 is 46.8 Å². The molecule has 0 aliphatic rings. The van der Waals surface area contributed by atoms with Crippen LogP contribution >= 0.6 is 11.8 Å². The van der Waals surface area contributed by atoms with Gasteiger partial charge < -0.3 is 31.0 Å². The quantitative estimate of drug-likeness (QED) is 0.409. The summed E-state index contributed by atoms with van der Waals surface area (Å²) in [5, 5.41) is 14.5. The third-order valence-corrected chi connectivity index (χ3v) is 4.49. The number of hydrogen-bond donors (Lipinski definition) is 3. The topological polar surface area (TPSA) is 168 Å². The molecule has 11 heteroatoms. The number of thioether (sulfide) groups is 1. The maximum atomic E-state index is 12.2. The molecule has 3 amide bonds. The fraction of sp³-hybridized carbons (Fsp3) is 0.389. The smallest absolute Gasteiger partial charge is 0.408 e. The lowest BCUT2D eigenvalue weighted by Crippen LogP contribution is -2.52. The van der Waals surface area contributed by atoms with Gasteiger partial charge >= 0.3 is 6.09 Å². The molecule has 0 radical (unpaired) electrons. The van der Waals surface area contributed by atoms with Gasteiger partial charge in [-0.2, -0.15) is 0 Å². The van der Waals surface area contributed by atoms with Gasteiger partial charge in [0.15, 0.2) is 5.12 Å². The van der Waals surface area contributed by atoms with Crippen LogP contribution in [0.1, 0.15) is 25.3 Å². The fourth-order valence-electron chi connectivity index (χ4n) is 2.06. The van der Waals surface area contributed by atoms with Crippen LogP contribution in [0, 0.1) is 0 Å². The number of nitrogens with two attached hydrogens (primary N) is 1. The number of aliphatic carboxylic acids is 1. The zero-order chi connectivity index (χ0) is 21.8. The lowest BCUT2D eigenvalue weighted by Gasteiger charge is -2.19. The first-order chi connectivity index (χ1) is 13.7. The van der Waals surface area contributed by atoms with Crippen molar-refractivity contribution in [3.63, 3.8) is 0 Å². The average molecular weight is 424 g/mol. The van der Waals surface area contributed by atoms with E-state index in [-0.39, 0.29) is 19.4 Å². The van der Waals surface area contributed by atoms with Crippen LogP contribution in [0.25, 0.3) is 0 Å². The number of carbonyl (C=O) groups excluding carboxylic acids is 5. The third-order valence-electron chi connectivity index (χ3n) is 3.59. The summed E-state index contributed by atoms with van der Waals surface area (Å²) in [5.74, 6) is -3.45. The van der Waals surface area contributed by atoms with Gasteiger partial charge in [-0.05, 0) is 18.9 Å². The van der Waals surface area contributed by atoms with Gasteiger partial charge in [0.1, 0.15) is 18.7 Å². The van der Waals surface area contributed by atoms with Crippen LogP contribution in [0.15, 0.2) is 30.3 Å². The number of alkyl carbamates (subject to hydrolysis) is 1. The van der Waals surface area contributed by atoms with Gasteiger partial charge in [-0.15, -0.1) is 0 Å². The van der Waals surface area contributed by atoms with Crippen LogP contribution in [-0.4, -0.2) is 46.8 Å². The fourth-order valence-corrected chi connectivity index (χ4v) is 2.60. The molecule has 29 heavy (non-hydrogen) atoms. The second-order valence-electron chi connectivity index (χ2n) is 5.96. The largest absolute Gasteiger partial charge is 0.549 e. The van der Waals surface area contributed by atoms with Crippen LogP contribution in [-0.2, 0) is 30.5 Å². The van der Waals surface area contributed by atoms with Crippen LogP contribution in [0.4, 0.5) is 4.79 Å². The van der Waals surface area contributed by atoms with Crippen molar-refractivity contribution in [2.45, 2.75) is 38.5 Å². The molecule has 1 unspecified atom stereocenters. The number of benzene rings is 1. The van der Waals surface area contributed by atoms with E-state index in [0.29, 0.717) is 11.8 Å². The Labute approximate surface area is 171 Å². The molecule has 0 spiro atoms. The van der Waals surface area contributed by atoms with Gasteiger partial charge in [0.25, 0.3) is 0 Å². The summed E-state index contributed by atoms with van der Waals surface area (Å²) in [4.78, 5) is 57.3. The van der Waals surface area contributed by atoms with Crippen LogP contribution in [0.5, 0.6) is 0 Å². The highest BCUT2D eigenvalue weighted by Crippen LogP contribution is 2.09. The maximum Gasteiger partial charge on any atom is 0.408 e. The van der Waals surface area contributed by atoms with Crippen LogP contribution in [0.2, 0.25) is 0 Å². The van der Waals surface area contributed by atoms with E-state index in [4.69, 9.17) is 10.5 Å². The van der Waals surface area contributed by atoms with Gasteiger partial charge in [0.2, 0.25) is 11.8 Å². The number of hydrogen-bond acceptors (Lipinski definition) is 8. The van der Waals surface area contributed by atoms with Gasteiger partial charge in [-0.25, -0.2) is 4.79 Å². The number of rotatable bonds is 11. The molecular weight excluding hydrogens is 402 g/mol. The molecule has 1 aromatic carbocycles. The Bertz CT molecular complexity index is 742. The molecule has 1 rings (SSSR count). The highest BCUT2D eigenvalue weighted by atomic mass is 32.2. The summed E-state index contributed by atoms with van der Waals surface area (Å²) < 4.78 is 5.00. The Hall–Kier alpha value is -3.08. The Morgan fingerprint density at radius 1 is 1.14 bits per heavy atom. The van der Waals surface area contributed by atoms with Crippen LogP contribution < -0.4 is 21.5 Å². The van der Waals surface area contributed by atoms with E-state index in [1.807, 2.05) is 6.07 Å². The highest BCUT2D eigenvalue weighted by Gasteiger charge is 2.23. The first-order valence-electron chi connectivity index (χ1n) is 8.61. The predicted octanol–water partition coefficient (Wildman–Crippen LogP) is -0.939. The molecule has 0 bridgehead atoms. The average Bonchev–Trinajstić information content (AvgIpc) is 2.68. The summed E-state index contributed by atoms with van der Waals surface area (Å²) in [6, 6.07) is 6.77. The Morgan fingerprint density at radius 3 is 2.38 bits per heavy atom. The van der Waals surface area contributed by atoms with Crippen molar-refractivity contribution in [2.24, 2.45) is 5.73 Å². The molecule has 0 saturated heterocycles. The van der Waals surface area contributed by atoms with Gasteiger partial charge in [-0.3, -0.25) is 14.4 Å². The van der Waals surface area contributed by atoms with Crippen molar-refractivity contribution in [1.82, 2.24) is 10.6 Å². The number of carbonyl (C=O) groups is 5. The molecule has 0 heterocycles. The minimum absolute atomic E-state index is 0.0244. The minimum Gasteiger partial charge on any atom is -0.549 e. The zero-order valence-corrected chi connectivity index (χ0v) is 16.5. The number of ether oxygens (including phenoxy) is 1. The van der Waals surface area contributed by atoms with Crippen molar-refractivity contribution in [3.8, 4) is 0 Å². The second kappa shape index (κ2) is 12.4. The summed E-state index contributed by atoms with van der Waals surface area (Å²) in [5.41, 5.74) is 5.99. The molecule has 0 aliphatic heterocycles. The SMILES string of the molecule is C[C@H](NC(=O)OCc1ccccc1)C(=O)NC(CCC(=O)SCC(=O)[O-])C(N)=O. The summed E-state index contributed by atoms with van der Waals surface area (Å²) in [7, 11) is 0. The molecule has 10 nitrogen and oxygen atoms in total. The highest BCUT2D eigenvalue weighted by molar-refractivity contribution is 8.14. The molecular formula is C18H22N3O7S-. The summed E-state index contributed by atoms with van der Waals surface area (Å²) >= 11 is 0.536. The molecule has 0 fully saturated rings. The number of amides is 3. The summed E-state index contributed by atoms with van der Waals surface area (Å²) in [6.07, 6.45) is -1.10. The van der Waals surface area contributed by atoms with E-state index in [0.717, 1.165) is 5.56 Å². The Balaban J connectivity index is 2.43. The van der Waals surface area contributed by atoms with E-state index in [1.54, 1.807) is 24.3 Å². The Morgan fingerprint density at radius 2 is 1.79 bits per heavy atom. The van der Waals surface area contributed by atoms with Gasteiger partial charge in [-0.1, -0.05) is 42.1 Å². The van der Waals surface area contributed by atoms with Crippen LogP contribution in [0.3, 0.4) is 0 Å². The zero-order valence-electron chi connectivity index (χ0n) is 15.7. The number of carboxylic acids is 1. The van der Waals surface area contributed by atoms with Crippen molar-refractivity contribution in [1.29, 1.82) is 0 Å². The Kier molecular flexibility index (Phi) is 10.2. The summed E-state index contributed by atoms with van der Waals surface area (Å²) in [6.45, 7) is 1.41. The molecule has 0 aromatic heterocycles. The normalized spacial score (nSPS) is 12.3. The van der Waals surface area contributed by atoms with Crippen molar-refractivity contribution >= 4 is 40.8 Å². The molecule has 4 N–H and O–H groups in total. The number of primary amides is 1. The second-order valence-corrected chi connectivity index (χ2v) is 7.00. The lowest BCUT2D eigenvalue weighted by atomic mass is 10.1. The molecule has 1 aromatic rings. The van der Waals surface area contributed by atoms with E-state index in [2.05, 4.69) is 10.6 Å². The number of carboxylic acid groups (broad SMARTS) is 1. The standard InChI is InChI=1S/C18H23N3O7S/c1-11(20-18(27)28-9-12-5-3-2-4-6-12)17(26)21-13(16(19)25)7-8-15(24)29-10-14(22)23/h2-6,11,13H,7-10H2,1H3,(H2,19,25)(H,20,27)(H,21,26)(H,22,23)/p-1/t11-,13?/m0/s1. The lowest BCUT2D eigenvalue weighted by molar-refractivity contribution is -0.301. The third kappa shape index (κ3) is 10.1. The van der Waals surface area contributed by atoms with Crippen molar-refractivity contribution in [2.75, 3.05) is 5.75 Å². The number of nitrogens with one attached hydrogen (secondary N) is 2. The molecule has 0 aliphatic carbocycles. The van der Waals surface area contributed by atoms with E-state index in [1.165, 1.54) is 6.92 Å².